The van der Waals surface area contributed by atoms with Gasteiger partial charge in [-0.25, -0.2) is 0 Å². The summed E-state index contributed by atoms with van der Waals surface area (Å²) in [4.78, 5) is 34.4. The van der Waals surface area contributed by atoms with Crippen LogP contribution < -0.4 is 20.9 Å². The Bertz CT molecular complexity index is 903. The Morgan fingerprint density at radius 3 is 2.41 bits per heavy atom. The molecule has 2 amide bonds. The monoisotopic (exact) mass is 418 g/mol. The van der Waals surface area contributed by atoms with E-state index < -0.39 is 16.7 Å². The molecule has 0 aliphatic carbocycles. The maximum Gasteiger partial charge on any atom is 0.270 e. The van der Waals surface area contributed by atoms with Gasteiger partial charge in [0.15, 0.2) is 5.11 Å². The third-order valence-corrected chi connectivity index (χ3v) is 3.71. The molecule has 0 heterocycles. The van der Waals surface area contributed by atoms with Crippen LogP contribution in [0.3, 0.4) is 0 Å². The molecule has 152 valence electrons. The van der Waals surface area contributed by atoms with Crippen molar-refractivity contribution in [2.45, 2.75) is 0 Å². The van der Waals surface area contributed by atoms with E-state index in [0.717, 1.165) is 6.07 Å². The number of nitrogens with zero attached hydrogens (tertiary/aromatic N) is 1. The highest BCUT2D eigenvalue weighted by atomic mass is 32.1. The van der Waals surface area contributed by atoms with E-state index in [2.05, 4.69) is 16.2 Å². The van der Waals surface area contributed by atoms with Crippen LogP contribution in [0.4, 0.5) is 5.69 Å². The number of methoxy groups -OCH3 is 1. The fourth-order valence-corrected chi connectivity index (χ4v) is 2.24. The van der Waals surface area contributed by atoms with Gasteiger partial charge in [0.2, 0.25) is 0 Å². The number of benzene rings is 2. The minimum Gasteiger partial charge on any atom is -0.491 e. The number of carbonyl (C=O) groups excluding carboxylic acids is 2. The minimum atomic E-state index is -0.650. The van der Waals surface area contributed by atoms with Gasteiger partial charge in [0.1, 0.15) is 12.4 Å². The molecule has 0 aromatic heterocycles. The second-order valence-corrected chi connectivity index (χ2v) is 5.94. The van der Waals surface area contributed by atoms with E-state index in [1.807, 2.05) is 0 Å². The maximum atomic E-state index is 12.2. The first kappa shape index (κ1) is 21.7. The lowest BCUT2D eigenvalue weighted by Gasteiger charge is -2.11. The van der Waals surface area contributed by atoms with Crippen molar-refractivity contribution in [3.63, 3.8) is 0 Å². The third kappa shape index (κ3) is 6.83. The topological polar surface area (TPSA) is 132 Å². The average Bonchev–Trinajstić information content (AvgIpc) is 2.72. The van der Waals surface area contributed by atoms with E-state index in [9.17, 15) is 19.7 Å². The first-order valence-corrected chi connectivity index (χ1v) is 8.69. The van der Waals surface area contributed by atoms with Crippen LogP contribution in [0.25, 0.3) is 0 Å². The van der Waals surface area contributed by atoms with Crippen molar-refractivity contribution < 1.29 is 24.0 Å². The van der Waals surface area contributed by atoms with Gasteiger partial charge >= 0.3 is 0 Å². The van der Waals surface area contributed by atoms with E-state index in [0.29, 0.717) is 24.5 Å². The zero-order valence-electron chi connectivity index (χ0n) is 15.3. The zero-order chi connectivity index (χ0) is 21.2. The zero-order valence-corrected chi connectivity index (χ0v) is 16.2. The fourth-order valence-electron chi connectivity index (χ4n) is 2.10. The molecule has 10 nitrogen and oxygen atoms in total. The molecule has 2 rings (SSSR count). The van der Waals surface area contributed by atoms with E-state index in [1.54, 1.807) is 31.4 Å². The standard InChI is InChI=1S/C18H18N4O6S/c1-27-9-10-28-15-7-5-12(6-8-15)16(23)19-18(29)21-20-17(24)13-3-2-4-14(11-13)22(25)26/h2-8,11H,9-10H2,1H3,(H,20,24)(H2,19,21,23,29). The Labute approximate surface area is 171 Å². The highest BCUT2D eigenvalue weighted by Gasteiger charge is 2.12. The number of nitro groups is 1. The highest BCUT2D eigenvalue weighted by molar-refractivity contribution is 7.80. The molecular formula is C18H18N4O6S. The van der Waals surface area contributed by atoms with Crippen molar-refractivity contribution in [1.82, 2.24) is 16.2 Å². The smallest absolute Gasteiger partial charge is 0.270 e. The number of hydrazine groups is 1. The van der Waals surface area contributed by atoms with E-state index in [4.69, 9.17) is 21.7 Å². The molecule has 0 saturated heterocycles. The molecule has 29 heavy (non-hydrogen) atoms. The number of nitro benzene ring substituents is 1. The number of ether oxygens (including phenoxy) is 2. The molecule has 2 aromatic rings. The molecule has 2 aromatic carbocycles. The molecule has 0 aliphatic heterocycles. The summed E-state index contributed by atoms with van der Waals surface area (Å²) in [5.41, 5.74) is 4.80. The van der Waals surface area contributed by atoms with Gasteiger partial charge in [0.05, 0.1) is 11.5 Å². The molecule has 0 radical (unpaired) electrons. The average molecular weight is 418 g/mol. The second kappa shape index (κ2) is 10.7. The Hall–Kier alpha value is -3.57. The predicted molar refractivity (Wildman–Crippen MR) is 108 cm³/mol. The summed E-state index contributed by atoms with van der Waals surface area (Å²) in [5.74, 6) is -0.554. The Morgan fingerprint density at radius 2 is 1.76 bits per heavy atom. The van der Waals surface area contributed by atoms with Gasteiger partial charge in [0.25, 0.3) is 17.5 Å². The summed E-state index contributed by atoms with van der Waals surface area (Å²) in [6.45, 7) is 0.838. The van der Waals surface area contributed by atoms with Crippen LogP contribution in [0.15, 0.2) is 48.5 Å². The van der Waals surface area contributed by atoms with Crippen molar-refractivity contribution in [2.75, 3.05) is 20.3 Å². The number of amides is 2. The maximum absolute atomic E-state index is 12.2. The Balaban J connectivity index is 1.84. The van der Waals surface area contributed by atoms with Gasteiger partial charge in [-0.05, 0) is 42.5 Å². The van der Waals surface area contributed by atoms with Gasteiger partial charge < -0.3 is 9.47 Å². The van der Waals surface area contributed by atoms with Crippen molar-refractivity contribution in [3.8, 4) is 5.75 Å². The normalized spacial score (nSPS) is 9.97. The highest BCUT2D eigenvalue weighted by Crippen LogP contribution is 2.13. The van der Waals surface area contributed by atoms with Crippen molar-refractivity contribution >= 4 is 34.8 Å². The third-order valence-electron chi connectivity index (χ3n) is 3.51. The van der Waals surface area contributed by atoms with Crippen LogP contribution in [-0.4, -0.2) is 42.2 Å². The van der Waals surface area contributed by atoms with Crippen molar-refractivity contribution in [2.24, 2.45) is 0 Å². The Kier molecular flexibility index (Phi) is 8.00. The molecule has 0 spiro atoms. The summed E-state index contributed by atoms with van der Waals surface area (Å²) in [7, 11) is 1.57. The number of non-ortho nitro benzene ring substituents is 1. The lowest BCUT2D eigenvalue weighted by atomic mass is 10.2. The summed E-state index contributed by atoms with van der Waals surface area (Å²) in [6.07, 6.45) is 0. The molecule has 0 saturated carbocycles. The molecule has 3 N–H and O–H groups in total. The van der Waals surface area contributed by atoms with Crippen molar-refractivity contribution in [1.29, 1.82) is 0 Å². The number of nitrogens with one attached hydrogen (secondary N) is 3. The second-order valence-electron chi connectivity index (χ2n) is 5.54. The first-order chi connectivity index (χ1) is 13.9. The van der Waals surface area contributed by atoms with Crippen LogP contribution in [0, 0.1) is 10.1 Å². The van der Waals surface area contributed by atoms with Gasteiger partial charge in [0, 0.05) is 30.4 Å². The summed E-state index contributed by atoms with van der Waals surface area (Å²) >= 11 is 4.96. The van der Waals surface area contributed by atoms with Crippen molar-refractivity contribution in [3.05, 3.63) is 69.8 Å². The van der Waals surface area contributed by atoms with Crippen LogP contribution in [0.2, 0.25) is 0 Å². The first-order valence-electron chi connectivity index (χ1n) is 8.28. The van der Waals surface area contributed by atoms with E-state index >= 15 is 0 Å². The minimum absolute atomic E-state index is 0.0601. The molecule has 0 aliphatic rings. The number of hydrogen-bond donors (Lipinski definition) is 3. The van der Waals surface area contributed by atoms with Gasteiger partial charge in [-0.2, -0.15) is 0 Å². The van der Waals surface area contributed by atoms with Crippen LogP contribution in [-0.2, 0) is 4.74 Å². The van der Waals surface area contributed by atoms with E-state index in [1.165, 1.54) is 18.2 Å². The largest absolute Gasteiger partial charge is 0.491 e. The van der Waals surface area contributed by atoms with Gasteiger partial charge in [-0.3, -0.25) is 35.9 Å². The number of carbonyl (C=O) groups is 2. The summed E-state index contributed by atoms with van der Waals surface area (Å²) < 4.78 is 10.3. The predicted octanol–water partition coefficient (Wildman–Crippen LogP) is 1.57. The Morgan fingerprint density at radius 1 is 1.03 bits per heavy atom. The molecule has 0 fully saturated rings. The van der Waals surface area contributed by atoms with Crippen LogP contribution >= 0.6 is 12.2 Å². The fraction of sp³-hybridized carbons (Fsp3) is 0.167. The SMILES string of the molecule is COCCOc1ccc(C(=O)NC(=S)NNC(=O)c2cccc([N+](=O)[O-])c2)cc1. The van der Waals surface area contributed by atoms with Gasteiger partial charge in [-0.1, -0.05) is 6.07 Å². The van der Waals surface area contributed by atoms with E-state index in [-0.39, 0.29) is 16.4 Å². The molecular weight excluding hydrogens is 400 g/mol. The van der Waals surface area contributed by atoms with Crippen LogP contribution in [0.1, 0.15) is 20.7 Å². The number of hydrogen-bond acceptors (Lipinski definition) is 7. The quantitative estimate of drug-likeness (QED) is 0.267. The molecule has 0 unspecified atom stereocenters. The van der Waals surface area contributed by atoms with Crippen LogP contribution in [0.5, 0.6) is 5.75 Å². The summed E-state index contributed by atoms with van der Waals surface area (Å²) in [6, 6.07) is 11.6. The lowest BCUT2D eigenvalue weighted by Crippen LogP contribution is -2.48. The lowest BCUT2D eigenvalue weighted by molar-refractivity contribution is -0.384. The number of thiocarbonyl (C=S) groups is 1. The molecule has 11 heteroatoms. The van der Waals surface area contributed by atoms with Gasteiger partial charge in [-0.15, -0.1) is 0 Å². The summed E-state index contributed by atoms with van der Waals surface area (Å²) in [5, 5.41) is 13.0. The molecule has 0 atom stereocenters. The molecule has 0 bridgehead atoms. The number of rotatable bonds is 7.